The van der Waals surface area contributed by atoms with Crippen LogP contribution < -0.4 is 115 Å². The van der Waals surface area contributed by atoms with Crippen molar-refractivity contribution >= 4 is 32.8 Å². The molecular formula is C10H12N5Na3O10P2. The number of aromatic nitrogens is 4. The van der Waals surface area contributed by atoms with Crippen LogP contribution in [0.25, 0.3) is 11.2 Å². The molecule has 1 fully saturated rings. The molecule has 1 unspecified atom stereocenters. The molecule has 0 bridgehead atoms. The first kappa shape index (κ1) is 31.3. The molecule has 0 amide bonds. The Labute approximate surface area is 234 Å². The van der Waals surface area contributed by atoms with Crippen molar-refractivity contribution in [3.05, 3.63) is 16.7 Å². The molecule has 4 N–H and O–H groups in total. The summed E-state index contributed by atoms with van der Waals surface area (Å²) in [6.45, 7) is -0.818. The van der Waals surface area contributed by atoms with Crippen molar-refractivity contribution in [2.45, 2.75) is 24.9 Å². The molecule has 20 heteroatoms. The summed E-state index contributed by atoms with van der Waals surface area (Å²) in [6, 6.07) is 0. The van der Waals surface area contributed by atoms with Crippen LogP contribution in [-0.2, 0) is 22.7 Å². The van der Waals surface area contributed by atoms with Crippen molar-refractivity contribution in [3.63, 3.8) is 0 Å². The van der Waals surface area contributed by atoms with Crippen LogP contribution in [0, 0.1) is 0 Å². The van der Waals surface area contributed by atoms with E-state index in [-0.39, 0.29) is 112 Å². The third kappa shape index (κ3) is 7.97. The van der Waals surface area contributed by atoms with Crippen molar-refractivity contribution in [2.75, 3.05) is 12.3 Å². The molecule has 2 aromatic heterocycles. The van der Waals surface area contributed by atoms with Crippen LogP contribution in [-0.4, -0.2) is 43.4 Å². The molecule has 0 radical (unpaired) electrons. The second-order valence-electron chi connectivity index (χ2n) is 5.48. The minimum absolute atomic E-state index is 0. The number of H-pyrrole nitrogens is 1. The molecular weight excluding hydrogens is 481 g/mol. The van der Waals surface area contributed by atoms with Gasteiger partial charge < -0.3 is 39.3 Å². The van der Waals surface area contributed by atoms with Crippen LogP contribution in [0.1, 0.15) is 12.6 Å². The zero-order valence-electron chi connectivity index (χ0n) is 16.2. The summed E-state index contributed by atoms with van der Waals surface area (Å²) in [5.41, 5.74) is 4.94. The molecule has 1 aliphatic rings. The van der Waals surface area contributed by atoms with Gasteiger partial charge in [-0.3, -0.25) is 23.2 Å². The van der Waals surface area contributed by atoms with Crippen LogP contribution in [0.2, 0.25) is 0 Å². The van der Waals surface area contributed by atoms with E-state index in [2.05, 4.69) is 23.8 Å². The molecule has 0 aromatic carbocycles. The van der Waals surface area contributed by atoms with E-state index in [9.17, 15) is 33.7 Å². The number of nitrogens with one attached hydrogen (secondary N) is 1. The van der Waals surface area contributed by atoms with Gasteiger partial charge in [0.05, 0.1) is 26.9 Å². The number of hydrogen-bond donors (Lipinski definition) is 3. The van der Waals surface area contributed by atoms with Gasteiger partial charge in [-0.25, -0.2) is 4.98 Å². The van der Waals surface area contributed by atoms with Crippen LogP contribution in [0.3, 0.4) is 0 Å². The number of phosphoric ester groups is 1. The van der Waals surface area contributed by atoms with E-state index in [4.69, 9.17) is 10.5 Å². The van der Waals surface area contributed by atoms with Crippen molar-refractivity contribution in [3.8, 4) is 0 Å². The van der Waals surface area contributed by atoms with Crippen LogP contribution >= 0.6 is 15.6 Å². The fourth-order valence-electron chi connectivity index (χ4n) is 2.50. The Hall–Kier alpha value is 1.33. The maximum absolute atomic E-state index is 11.8. The maximum atomic E-state index is 11.8. The fourth-order valence-corrected chi connectivity index (χ4v) is 4.00. The third-order valence-corrected chi connectivity index (χ3v) is 5.63. The number of nitrogens with two attached hydrogens (primary N) is 1. The van der Waals surface area contributed by atoms with Gasteiger partial charge in [-0.1, -0.05) is 0 Å². The summed E-state index contributed by atoms with van der Waals surface area (Å²) in [5, 5.41) is 10.0. The summed E-state index contributed by atoms with van der Waals surface area (Å²) in [7, 11) is -11.3. The van der Waals surface area contributed by atoms with Gasteiger partial charge in [-0.15, -0.1) is 0 Å². The van der Waals surface area contributed by atoms with E-state index in [1.54, 1.807) is 0 Å². The topological polar surface area (TPSA) is 241 Å². The number of phosphoric acid groups is 2. The Morgan fingerprint density at radius 3 is 2.57 bits per heavy atom. The van der Waals surface area contributed by atoms with Crippen molar-refractivity contribution < 1.29 is 131 Å². The molecule has 3 rings (SSSR count). The number of aliphatic hydroxyl groups is 1. The minimum Gasteiger partial charge on any atom is -0.790 e. The zero-order valence-corrected chi connectivity index (χ0v) is 23.9. The standard InChI is InChI=1S/C10H15N5O10P2.3Na/c11-10-13-8-7(9(17)14-10)12-3-15(8)6-1-4(16)5(24-6)2-23-27(21,22)25-26(18,19)20;;;/h3-6,16H,1-2H2,(H,21,22)(H2,18,19,20)(H3,11,13,14,17);;;/q;3*+1/p-3/t4-,5+,6+;;;/m1.../s1. The van der Waals surface area contributed by atoms with Gasteiger partial charge in [0.15, 0.2) is 11.2 Å². The number of aliphatic hydroxyl groups excluding tert-OH is 1. The number of anilines is 1. The van der Waals surface area contributed by atoms with Gasteiger partial charge in [0.2, 0.25) is 5.95 Å². The van der Waals surface area contributed by atoms with Gasteiger partial charge in [0.1, 0.15) is 12.3 Å². The summed E-state index contributed by atoms with van der Waals surface area (Å²) >= 11 is 0. The Morgan fingerprint density at radius 2 is 1.97 bits per heavy atom. The average molecular weight is 493 g/mol. The largest absolute Gasteiger partial charge is 1.00 e. The Kier molecular flexibility index (Phi) is 12.7. The maximum Gasteiger partial charge on any atom is 1.00 e. The number of nitrogen functional groups attached to an aromatic ring is 1. The molecule has 0 aliphatic carbocycles. The van der Waals surface area contributed by atoms with E-state index in [0.29, 0.717) is 0 Å². The van der Waals surface area contributed by atoms with E-state index in [0.717, 1.165) is 0 Å². The molecule has 0 saturated carbocycles. The van der Waals surface area contributed by atoms with Crippen LogP contribution in [0.5, 0.6) is 0 Å². The number of nitrogens with zero attached hydrogens (tertiary/aromatic N) is 3. The first-order valence-corrected chi connectivity index (χ1v) is 10.1. The first-order valence-electron chi connectivity index (χ1n) is 7.20. The van der Waals surface area contributed by atoms with E-state index >= 15 is 0 Å². The molecule has 1 aliphatic heterocycles. The molecule has 1 saturated heterocycles. The summed E-state index contributed by atoms with van der Waals surface area (Å²) in [4.78, 5) is 53.8. The zero-order chi connectivity index (χ0) is 20.0. The number of ether oxygens (including phenoxy) is 1. The Balaban J connectivity index is 0.00000280. The monoisotopic (exact) mass is 493 g/mol. The third-order valence-electron chi connectivity index (χ3n) is 3.56. The summed E-state index contributed by atoms with van der Waals surface area (Å²) < 4.78 is 35.9. The van der Waals surface area contributed by atoms with E-state index in [1.165, 1.54) is 10.9 Å². The van der Waals surface area contributed by atoms with Gasteiger partial charge >= 0.3 is 88.7 Å². The van der Waals surface area contributed by atoms with Crippen LogP contribution in [0.15, 0.2) is 11.1 Å². The SMILES string of the molecule is Nc1nc2c(ncn2[C@@H]2C[C@@H](O)[C@H](COP(=O)([O-])OP(=O)([O-])[O-])O2)c(=O)[nH]1.[Na+].[Na+].[Na+]. The predicted molar refractivity (Wildman–Crippen MR) is 79.3 cm³/mol. The minimum atomic E-state index is -5.82. The van der Waals surface area contributed by atoms with Crippen LogP contribution in [0.4, 0.5) is 5.95 Å². The van der Waals surface area contributed by atoms with Gasteiger partial charge in [0.25, 0.3) is 13.4 Å². The number of aromatic amines is 1. The van der Waals surface area contributed by atoms with E-state index in [1.807, 2.05) is 0 Å². The van der Waals surface area contributed by atoms with E-state index < -0.39 is 46.2 Å². The Morgan fingerprint density at radius 1 is 1.33 bits per heavy atom. The Bertz CT molecular complexity index is 1010. The first-order chi connectivity index (χ1) is 12.5. The number of imidazole rings is 1. The van der Waals surface area contributed by atoms with Gasteiger partial charge in [-0.05, 0) is 0 Å². The van der Waals surface area contributed by atoms with Gasteiger partial charge in [-0.2, -0.15) is 4.98 Å². The number of rotatable bonds is 6. The normalized spacial score (nSPS) is 23.1. The fraction of sp³-hybridized carbons (Fsp3) is 0.500. The smallest absolute Gasteiger partial charge is 0.790 e. The second kappa shape index (κ2) is 12.2. The summed E-state index contributed by atoms with van der Waals surface area (Å²) in [6.07, 6.45) is -2.17. The van der Waals surface area contributed by atoms with Crippen molar-refractivity contribution in [1.82, 2.24) is 19.5 Å². The molecule has 15 nitrogen and oxygen atoms in total. The number of fused-ring (bicyclic) bond motifs is 1. The second-order valence-corrected chi connectivity index (χ2v) is 8.18. The average Bonchev–Trinajstić information content (AvgIpc) is 3.06. The summed E-state index contributed by atoms with van der Waals surface area (Å²) in [5.74, 6) is -0.170. The molecule has 30 heavy (non-hydrogen) atoms. The number of hydrogen-bond acceptors (Lipinski definition) is 13. The molecule has 4 atom stereocenters. The molecule has 2 aromatic rings. The molecule has 3 heterocycles. The molecule has 0 spiro atoms. The van der Waals surface area contributed by atoms with Crippen molar-refractivity contribution in [1.29, 1.82) is 0 Å². The molecule has 150 valence electrons. The van der Waals surface area contributed by atoms with Gasteiger partial charge in [0, 0.05) is 6.42 Å². The quantitative estimate of drug-likeness (QED) is 0.250. The predicted octanol–water partition coefficient (Wildman–Crippen LogP) is -12.3. The van der Waals surface area contributed by atoms with Crippen molar-refractivity contribution in [2.24, 2.45) is 0 Å².